The zero-order valence-electron chi connectivity index (χ0n) is 19.0. The minimum Gasteiger partial charge on any atom is -0.467 e. The highest BCUT2D eigenvalue weighted by Gasteiger charge is 2.73. The van der Waals surface area contributed by atoms with Crippen LogP contribution in [0.1, 0.15) is 13.3 Å². The fraction of sp³-hybridized carbons (Fsp3) is 0.667. The molecule has 3 heterocycles. The molecule has 2 fully saturated rings. The second-order valence-corrected chi connectivity index (χ2v) is 9.50. The number of carbonyl (C=O) groups excluding carboxylic acids is 4. The Hall–Kier alpha value is -2.44. The first kappa shape index (κ1) is 23.7. The van der Waals surface area contributed by atoms with Crippen LogP contribution in [0.15, 0.2) is 16.3 Å². The Morgan fingerprint density at radius 2 is 2.09 bits per heavy atom. The first-order valence-electron chi connectivity index (χ1n) is 10.7. The molecule has 0 aromatic heterocycles. The van der Waals surface area contributed by atoms with Crippen molar-refractivity contribution in [2.24, 2.45) is 22.6 Å². The fourth-order valence-corrected chi connectivity index (χ4v) is 5.78. The number of methoxy groups -OCH3 is 2. The molecule has 0 aromatic rings. The van der Waals surface area contributed by atoms with Crippen molar-refractivity contribution in [3.63, 3.8) is 0 Å². The highest BCUT2D eigenvalue weighted by molar-refractivity contribution is 7.98. The Bertz CT molecular complexity index is 966. The van der Waals surface area contributed by atoms with Crippen LogP contribution in [0.5, 0.6) is 0 Å². The maximum atomic E-state index is 13.8. The van der Waals surface area contributed by atoms with Gasteiger partial charge in [0.25, 0.3) is 0 Å². The first-order chi connectivity index (χ1) is 15.7. The van der Waals surface area contributed by atoms with E-state index >= 15 is 0 Å². The third-order valence-electron chi connectivity index (χ3n) is 6.90. The van der Waals surface area contributed by atoms with E-state index in [1.807, 2.05) is 11.2 Å². The van der Waals surface area contributed by atoms with Gasteiger partial charge < -0.3 is 30.2 Å². The normalized spacial score (nSPS) is 34.2. The van der Waals surface area contributed by atoms with Crippen molar-refractivity contribution < 1.29 is 33.4 Å². The van der Waals surface area contributed by atoms with E-state index in [1.54, 1.807) is 6.92 Å². The van der Waals surface area contributed by atoms with E-state index in [0.29, 0.717) is 18.7 Å². The molecule has 0 radical (unpaired) electrons. The molecular formula is C21H28N4O7S. The van der Waals surface area contributed by atoms with Crippen molar-refractivity contribution in [2.45, 2.75) is 37.2 Å². The molecule has 4 aliphatic rings. The van der Waals surface area contributed by atoms with Gasteiger partial charge in [0, 0.05) is 25.3 Å². The molecule has 0 aromatic carbocycles. The van der Waals surface area contributed by atoms with Crippen molar-refractivity contribution in [1.29, 1.82) is 0 Å². The maximum absolute atomic E-state index is 13.8. The summed E-state index contributed by atoms with van der Waals surface area (Å²) in [5.74, 6) is -2.24. The summed E-state index contributed by atoms with van der Waals surface area (Å²) in [6, 6.07) is -0.917. The van der Waals surface area contributed by atoms with Gasteiger partial charge in [-0.25, -0.2) is 9.59 Å². The van der Waals surface area contributed by atoms with Crippen molar-refractivity contribution in [3.05, 3.63) is 11.3 Å². The number of fused-ring (bicyclic) bond motifs is 4. The molecule has 0 bridgehead atoms. The van der Waals surface area contributed by atoms with Gasteiger partial charge in [0.05, 0.1) is 36.4 Å². The van der Waals surface area contributed by atoms with E-state index in [4.69, 9.17) is 19.9 Å². The standard InChI is InChI=1S/C21H28N4O7S/c1-9-14(23-11(5-6-33-4)19(28)30-2)17(27)13-10(8-32-20(22)29)21(31-3)18-12(24-18)7-25(21)15(13)16(9)26/h9-12,18,24H,5-8H2,1-4H3,(H2,22,29). The zero-order valence-corrected chi connectivity index (χ0v) is 19.8. The summed E-state index contributed by atoms with van der Waals surface area (Å²) in [5, 5.41) is 3.31. The molecule has 4 rings (SSSR count). The average molecular weight is 481 g/mol. The highest BCUT2D eigenvalue weighted by Crippen LogP contribution is 2.55. The number of nitrogens with zero attached hydrogens (tertiary/aromatic N) is 2. The first-order valence-corrected chi connectivity index (χ1v) is 12.1. The molecule has 180 valence electrons. The monoisotopic (exact) mass is 480 g/mol. The lowest BCUT2D eigenvalue weighted by Crippen LogP contribution is -2.55. The van der Waals surface area contributed by atoms with Crippen molar-refractivity contribution in [1.82, 2.24) is 10.2 Å². The van der Waals surface area contributed by atoms with Crippen LogP contribution in [0.3, 0.4) is 0 Å². The maximum Gasteiger partial charge on any atom is 0.404 e. The molecule has 33 heavy (non-hydrogen) atoms. The van der Waals surface area contributed by atoms with Gasteiger partial charge in [-0.2, -0.15) is 11.8 Å². The number of piperazine rings is 1. The lowest BCUT2D eigenvalue weighted by molar-refractivity contribution is -0.142. The van der Waals surface area contributed by atoms with Crippen LogP contribution in [0.2, 0.25) is 0 Å². The number of hydrogen-bond donors (Lipinski definition) is 2. The van der Waals surface area contributed by atoms with E-state index in [0.717, 1.165) is 0 Å². The number of allylic oxidation sites excluding steroid dienone is 1. The fourth-order valence-electron chi connectivity index (χ4n) is 5.32. The molecule has 1 aliphatic carbocycles. The molecule has 11 nitrogen and oxygen atoms in total. The van der Waals surface area contributed by atoms with Gasteiger partial charge in [-0.05, 0) is 25.4 Å². The van der Waals surface area contributed by atoms with Crippen LogP contribution >= 0.6 is 11.8 Å². The molecule has 6 atom stereocenters. The average Bonchev–Trinajstić information content (AvgIpc) is 3.41. The van der Waals surface area contributed by atoms with Gasteiger partial charge in [-0.3, -0.25) is 14.6 Å². The number of carbonyl (C=O) groups is 4. The van der Waals surface area contributed by atoms with Gasteiger partial charge in [0.2, 0.25) is 5.78 Å². The van der Waals surface area contributed by atoms with Crippen molar-refractivity contribution in [2.75, 3.05) is 39.4 Å². The molecular weight excluding hydrogens is 452 g/mol. The number of nitrogens with two attached hydrogens (primary N) is 1. The summed E-state index contributed by atoms with van der Waals surface area (Å²) in [7, 11) is 2.77. The van der Waals surface area contributed by atoms with Gasteiger partial charge in [0.15, 0.2) is 11.5 Å². The SMILES string of the molecule is COC(=O)C(CCSC)N=C1C(=O)C2=C(C(=O)C1C)N1CC3NC3C1(OC)C2COC(N)=O. The van der Waals surface area contributed by atoms with Crippen LogP contribution in [0, 0.1) is 11.8 Å². The van der Waals surface area contributed by atoms with Gasteiger partial charge in [-0.15, -0.1) is 0 Å². The van der Waals surface area contributed by atoms with Gasteiger partial charge in [0.1, 0.15) is 12.6 Å². The predicted octanol–water partition coefficient (Wildman–Crippen LogP) is -0.512. The number of aliphatic imine (C=N–C) groups is 1. The number of thioether (sulfide) groups is 1. The largest absolute Gasteiger partial charge is 0.467 e. The van der Waals surface area contributed by atoms with Crippen LogP contribution in [0.25, 0.3) is 0 Å². The highest BCUT2D eigenvalue weighted by atomic mass is 32.2. The number of rotatable bonds is 8. The number of hydrogen-bond acceptors (Lipinski definition) is 11. The van der Waals surface area contributed by atoms with Crippen molar-refractivity contribution in [3.8, 4) is 0 Å². The van der Waals surface area contributed by atoms with E-state index in [9.17, 15) is 19.2 Å². The van der Waals surface area contributed by atoms with E-state index in [2.05, 4.69) is 10.3 Å². The Morgan fingerprint density at radius 3 is 2.70 bits per heavy atom. The molecule has 2 saturated heterocycles. The lowest BCUT2D eigenvalue weighted by Gasteiger charge is -2.39. The third-order valence-corrected chi connectivity index (χ3v) is 7.55. The molecule has 0 spiro atoms. The number of ether oxygens (including phenoxy) is 3. The Kier molecular flexibility index (Phi) is 6.27. The van der Waals surface area contributed by atoms with E-state index in [-0.39, 0.29) is 41.5 Å². The van der Waals surface area contributed by atoms with Crippen LogP contribution in [0.4, 0.5) is 4.79 Å². The second-order valence-electron chi connectivity index (χ2n) is 8.51. The number of esters is 1. The lowest BCUT2D eigenvalue weighted by atomic mass is 9.78. The van der Waals surface area contributed by atoms with Gasteiger partial charge in [-0.1, -0.05) is 0 Å². The summed E-state index contributed by atoms with van der Waals surface area (Å²) < 4.78 is 15.9. The minimum atomic E-state index is -1.05. The van der Waals surface area contributed by atoms with Crippen LogP contribution < -0.4 is 11.1 Å². The smallest absolute Gasteiger partial charge is 0.404 e. The summed E-state index contributed by atoms with van der Waals surface area (Å²) in [6.45, 7) is 1.88. The van der Waals surface area contributed by atoms with Crippen molar-refractivity contribution >= 4 is 41.1 Å². The molecule has 3 aliphatic heterocycles. The predicted molar refractivity (Wildman–Crippen MR) is 119 cm³/mol. The number of Topliss-reactive ketones (excluding diaryl/α,β-unsaturated/α-hetero) is 2. The van der Waals surface area contributed by atoms with E-state index < -0.39 is 41.4 Å². The molecule has 1 amide bonds. The quantitative estimate of drug-likeness (QED) is 0.342. The van der Waals surface area contributed by atoms with Crippen LogP contribution in [-0.4, -0.2) is 97.5 Å². The Morgan fingerprint density at radius 1 is 1.36 bits per heavy atom. The number of nitrogens with one attached hydrogen (secondary N) is 1. The van der Waals surface area contributed by atoms with Gasteiger partial charge >= 0.3 is 12.1 Å². The summed E-state index contributed by atoms with van der Waals surface area (Å²) in [6.07, 6.45) is 1.28. The van der Waals surface area contributed by atoms with Crippen LogP contribution in [-0.2, 0) is 28.6 Å². The molecule has 12 heteroatoms. The molecule has 6 unspecified atom stereocenters. The topological polar surface area (TPSA) is 160 Å². The zero-order chi connectivity index (χ0) is 24.1. The number of primary amides is 1. The van der Waals surface area contributed by atoms with E-state index in [1.165, 1.54) is 26.0 Å². The molecule has 0 saturated carbocycles. The molecule has 3 N–H and O–H groups in total. The number of amides is 1. The summed E-state index contributed by atoms with van der Waals surface area (Å²) in [5.41, 5.74) is 4.63. The Balaban J connectivity index is 1.78. The third kappa shape index (κ3) is 3.55. The second kappa shape index (κ2) is 8.73. The summed E-state index contributed by atoms with van der Waals surface area (Å²) >= 11 is 1.54. The number of ketones is 2. The Labute approximate surface area is 195 Å². The summed E-state index contributed by atoms with van der Waals surface area (Å²) in [4.78, 5) is 57.3. The minimum absolute atomic E-state index is 0.00654.